The van der Waals surface area contributed by atoms with Gasteiger partial charge in [0.05, 0.1) is 0 Å². The molecule has 2 aromatic rings. The van der Waals surface area contributed by atoms with Gasteiger partial charge < -0.3 is 20.1 Å². The number of nitrogens with one attached hydrogen (secondary N) is 2. The van der Waals surface area contributed by atoms with Crippen molar-refractivity contribution in [2.75, 3.05) is 23.8 Å². The van der Waals surface area contributed by atoms with E-state index in [4.69, 9.17) is 21.1 Å². The van der Waals surface area contributed by atoms with Crippen LogP contribution in [0.15, 0.2) is 42.5 Å². The lowest BCUT2D eigenvalue weighted by molar-refractivity contribution is -0.116. The van der Waals surface area contributed by atoms with Crippen molar-refractivity contribution < 1.29 is 14.3 Å². The number of halogens is 1. The summed E-state index contributed by atoms with van der Waals surface area (Å²) in [7, 11) is 0. The largest absolute Gasteiger partial charge is 0.486 e. The van der Waals surface area contributed by atoms with Gasteiger partial charge in [-0.3, -0.25) is 4.79 Å². The van der Waals surface area contributed by atoms with Crippen LogP contribution in [0.4, 0.5) is 11.4 Å². The van der Waals surface area contributed by atoms with Crippen LogP contribution >= 0.6 is 11.6 Å². The summed E-state index contributed by atoms with van der Waals surface area (Å²) >= 11 is 5.83. The Morgan fingerprint density at radius 1 is 1.04 bits per heavy atom. The van der Waals surface area contributed by atoms with E-state index in [-0.39, 0.29) is 5.91 Å². The molecule has 6 heteroatoms. The number of fused-ring (bicyclic) bond motifs is 1. The minimum Gasteiger partial charge on any atom is -0.486 e. The van der Waals surface area contributed by atoms with Gasteiger partial charge in [-0.15, -0.1) is 0 Å². The highest BCUT2D eigenvalue weighted by Crippen LogP contribution is 2.32. The second kappa shape index (κ2) is 6.79. The Balaban J connectivity index is 1.62. The topological polar surface area (TPSA) is 59.6 Å². The highest BCUT2D eigenvalue weighted by molar-refractivity contribution is 6.30. The molecule has 0 saturated heterocycles. The number of amides is 1. The molecule has 0 fully saturated rings. The van der Waals surface area contributed by atoms with Gasteiger partial charge >= 0.3 is 0 Å². The minimum absolute atomic E-state index is 0.137. The number of benzene rings is 2. The number of anilines is 2. The van der Waals surface area contributed by atoms with Crippen LogP contribution in [0.1, 0.15) is 6.92 Å². The number of ether oxygens (including phenoxy) is 2. The van der Waals surface area contributed by atoms with E-state index in [0.717, 1.165) is 11.4 Å². The lowest BCUT2D eigenvalue weighted by Crippen LogP contribution is -2.31. The molecule has 3 rings (SSSR count). The summed E-state index contributed by atoms with van der Waals surface area (Å²) in [5.74, 6) is 1.27. The van der Waals surface area contributed by atoms with Crippen molar-refractivity contribution >= 4 is 28.9 Å². The summed E-state index contributed by atoms with van der Waals surface area (Å²) in [6, 6.07) is 12.1. The lowest BCUT2D eigenvalue weighted by atomic mass is 10.2. The zero-order chi connectivity index (χ0) is 16.2. The third-order valence-corrected chi connectivity index (χ3v) is 3.68. The molecule has 2 aromatic carbocycles. The van der Waals surface area contributed by atoms with E-state index >= 15 is 0 Å². The van der Waals surface area contributed by atoms with Gasteiger partial charge in [0, 0.05) is 22.5 Å². The second-order valence-electron chi connectivity index (χ2n) is 5.22. The Bertz CT molecular complexity index is 703. The second-order valence-corrected chi connectivity index (χ2v) is 5.66. The minimum atomic E-state index is -0.409. The molecule has 1 atom stereocenters. The van der Waals surface area contributed by atoms with Gasteiger partial charge in [0.15, 0.2) is 11.5 Å². The Labute approximate surface area is 139 Å². The van der Waals surface area contributed by atoms with E-state index in [9.17, 15) is 4.79 Å². The Kier molecular flexibility index (Phi) is 4.57. The Morgan fingerprint density at radius 2 is 1.70 bits per heavy atom. The molecule has 1 amide bonds. The quantitative estimate of drug-likeness (QED) is 0.899. The zero-order valence-electron chi connectivity index (χ0n) is 12.6. The van der Waals surface area contributed by atoms with Gasteiger partial charge in [0.25, 0.3) is 0 Å². The third kappa shape index (κ3) is 3.87. The first-order chi connectivity index (χ1) is 11.1. The van der Waals surface area contributed by atoms with Crippen LogP contribution in [0, 0.1) is 0 Å². The van der Waals surface area contributed by atoms with E-state index in [1.54, 1.807) is 31.2 Å². The van der Waals surface area contributed by atoms with Crippen molar-refractivity contribution in [3.63, 3.8) is 0 Å². The number of rotatable bonds is 4. The molecule has 1 heterocycles. The highest BCUT2D eigenvalue weighted by atomic mass is 35.5. The molecule has 5 nitrogen and oxygen atoms in total. The van der Waals surface area contributed by atoms with Crippen LogP contribution in [0.25, 0.3) is 0 Å². The zero-order valence-corrected chi connectivity index (χ0v) is 13.4. The molecule has 0 aromatic heterocycles. The summed E-state index contributed by atoms with van der Waals surface area (Å²) in [4.78, 5) is 12.2. The Morgan fingerprint density at radius 3 is 2.43 bits per heavy atom. The van der Waals surface area contributed by atoms with E-state index in [1.165, 1.54) is 0 Å². The average Bonchev–Trinajstić information content (AvgIpc) is 2.56. The van der Waals surface area contributed by atoms with Crippen LogP contribution in [0.5, 0.6) is 11.5 Å². The molecular formula is C17H17ClN2O3. The molecule has 0 saturated carbocycles. The van der Waals surface area contributed by atoms with E-state index in [2.05, 4.69) is 10.6 Å². The number of carbonyl (C=O) groups is 1. The number of carbonyl (C=O) groups excluding carboxylic acids is 1. The van der Waals surface area contributed by atoms with Crippen molar-refractivity contribution in [3.8, 4) is 11.5 Å². The van der Waals surface area contributed by atoms with Gasteiger partial charge in [-0.05, 0) is 43.3 Å². The molecule has 0 radical (unpaired) electrons. The van der Waals surface area contributed by atoms with Crippen molar-refractivity contribution in [2.24, 2.45) is 0 Å². The molecule has 0 bridgehead atoms. The van der Waals surface area contributed by atoms with Gasteiger partial charge in [0.1, 0.15) is 19.3 Å². The fourth-order valence-electron chi connectivity index (χ4n) is 2.23. The molecule has 1 aliphatic rings. The standard InChI is InChI=1S/C17H17ClN2O3/c1-11(17(21)20-13-4-2-12(18)3-5-13)19-14-6-7-15-16(10-14)23-9-8-22-15/h2-7,10-11,19H,8-9H2,1H3,(H,20,21)/t11-/m0/s1. The maximum atomic E-state index is 12.2. The van der Waals surface area contributed by atoms with E-state index in [0.29, 0.717) is 29.7 Å². The first-order valence-electron chi connectivity index (χ1n) is 7.34. The van der Waals surface area contributed by atoms with E-state index < -0.39 is 6.04 Å². The molecule has 23 heavy (non-hydrogen) atoms. The van der Waals surface area contributed by atoms with Gasteiger partial charge in [-0.2, -0.15) is 0 Å². The normalized spacial score (nSPS) is 14.0. The van der Waals surface area contributed by atoms with Crippen LogP contribution in [-0.4, -0.2) is 25.2 Å². The van der Waals surface area contributed by atoms with Gasteiger partial charge in [-0.1, -0.05) is 11.6 Å². The van der Waals surface area contributed by atoms with Crippen molar-refractivity contribution in [3.05, 3.63) is 47.5 Å². The average molecular weight is 333 g/mol. The van der Waals surface area contributed by atoms with Gasteiger partial charge in [-0.25, -0.2) is 0 Å². The molecule has 2 N–H and O–H groups in total. The molecular weight excluding hydrogens is 316 g/mol. The van der Waals surface area contributed by atoms with Crippen molar-refractivity contribution in [1.29, 1.82) is 0 Å². The molecule has 0 spiro atoms. The van der Waals surface area contributed by atoms with Crippen LogP contribution in [0.3, 0.4) is 0 Å². The SMILES string of the molecule is C[C@H](Nc1ccc2c(c1)OCCO2)C(=O)Nc1ccc(Cl)cc1. The van der Waals surface area contributed by atoms with Crippen LogP contribution < -0.4 is 20.1 Å². The maximum Gasteiger partial charge on any atom is 0.246 e. The van der Waals surface area contributed by atoms with Crippen LogP contribution in [0.2, 0.25) is 5.02 Å². The van der Waals surface area contributed by atoms with Gasteiger partial charge in [0.2, 0.25) is 5.91 Å². The predicted molar refractivity (Wildman–Crippen MR) is 90.6 cm³/mol. The van der Waals surface area contributed by atoms with Crippen molar-refractivity contribution in [2.45, 2.75) is 13.0 Å². The monoisotopic (exact) mass is 332 g/mol. The molecule has 0 aliphatic carbocycles. The molecule has 0 unspecified atom stereocenters. The van der Waals surface area contributed by atoms with E-state index in [1.807, 2.05) is 18.2 Å². The van der Waals surface area contributed by atoms with Crippen LogP contribution in [-0.2, 0) is 4.79 Å². The number of hydrogen-bond acceptors (Lipinski definition) is 4. The summed E-state index contributed by atoms with van der Waals surface area (Å²) in [6.45, 7) is 2.88. The fraction of sp³-hybridized carbons (Fsp3) is 0.235. The lowest BCUT2D eigenvalue weighted by Gasteiger charge is -2.20. The summed E-state index contributed by atoms with van der Waals surface area (Å²) < 4.78 is 11.0. The predicted octanol–water partition coefficient (Wildman–Crippen LogP) is 3.55. The third-order valence-electron chi connectivity index (χ3n) is 3.43. The highest BCUT2D eigenvalue weighted by Gasteiger charge is 2.16. The summed E-state index contributed by atoms with van der Waals surface area (Å²) in [5.41, 5.74) is 1.50. The Hall–Kier alpha value is -2.40. The maximum absolute atomic E-state index is 12.2. The molecule has 120 valence electrons. The molecule has 1 aliphatic heterocycles. The summed E-state index contributed by atoms with van der Waals surface area (Å²) in [5, 5.41) is 6.62. The fourth-order valence-corrected chi connectivity index (χ4v) is 2.36. The first-order valence-corrected chi connectivity index (χ1v) is 7.72. The van der Waals surface area contributed by atoms with Crippen molar-refractivity contribution in [1.82, 2.24) is 0 Å². The smallest absolute Gasteiger partial charge is 0.246 e. The first kappa shape index (κ1) is 15.5. The summed E-state index contributed by atoms with van der Waals surface area (Å²) in [6.07, 6.45) is 0. The number of hydrogen-bond donors (Lipinski definition) is 2.